The Bertz CT molecular complexity index is 447. The molecule has 0 heterocycles. The zero-order valence-electron chi connectivity index (χ0n) is 12.2. The second-order valence-electron chi connectivity index (χ2n) is 7.00. The summed E-state index contributed by atoms with van der Waals surface area (Å²) in [6, 6.07) is 4.75. The summed E-state index contributed by atoms with van der Waals surface area (Å²) in [4.78, 5) is 0. The van der Waals surface area contributed by atoms with Gasteiger partial charge in [-0.3, -0.25) is 0 Å². The van der Waals surface area contributed by atoms with E-state index in [9.17, 15) is 0 Å². The van der Waals surface area contributed by atoms with Gasteiger partial charge < -0.3 is 0 Å². The van der Waals surface area contributed by atoms with Crippen LogP contribution in [0, 0.1) is 12.3 Å². The molecule has 0 unspecified atom stereocenters. The van der Waals surface area contributed by atoms with Crippen molar-refractivity contribution in [2.45, 2.75) is 71.6 Å². The van der Waals surface area contributed by atoms with Crippen LogP contribution in [0.25, 0.3) is 0 Å². The fourth-order valence-corrected chi connectivity index (χ4v) is 4.29. The minimum Gasteiger partial charge on any atom is -0.0587 e. The van der Waals surface area contributed by atoms with Gasteiger partial charge in [-0.05, 0) is 66.2 Å². The van der Waals surface area contributed by atoms with Gasteiger partial charge in [0.25, 0.3) is 0 Å². The van der Waals surface area contributed by atoms with E-state index in [0.29, 0.717) is 11.3 Å². The van der Waals surface area contributed by atoms with Crippen LogP contribution >= 0.6 is 0 Å². The molecule has 0 amide bonds. The van der Waals surface area contributed by atoms with Gasteiger partial charge >= 0.3 is 0 Å². The van der Waals surface area contributed by atoms with Crippen LogP contribution in [0.2, 0.25) is 0 Å². The fourth-order valence-electron chi connectivity index (χ4n) is 4.29. The highest BCUT2D eigenvalue weighted by Gasteiger charge is 2.39. The molecule has 0 N–H and O–H groups in total. The van der Waals surface area contributed by atoms with Crippen molar-refractivity contribution < 1.29 is 0 Å². The molecule has 2 aliphatic carbocycles. The second kappa shape index (κ2) is 4.40. The van der Waals surface area contributed by atoms with Gasteiger partial charge in [-0.15, -0.1) is 0 Å². The molecule has 2 aliphatic rings. The zero-order valence-corrected chi connectivity index (χ0v) is 12.2. The molecule has 18 heavy (non-hydrogen) atoms. The Hall–Kier alpha value is -0.780. The maximum absolute atomic E-state index is 2.39. The number of fused-ring (bicyclic) bond motifs is 1. The Morgan fingerprint density at radius 2 is 1.61 bits per heavy atom. The van der Waals surface area contributed by atoms with Gasteiger partial charge in [-0.2, -0.15) is 0 Å². The molecular formula is C18H26. The molecule has 0 radical (unpaired) electrons. The summed E-state index contributed by atoms with van der Waals surface area (Å²) in [6.45, 7) is 7.00. The van der Waals surface area contributed by atoms with Crippen molar-refractivity contribution in [2.24, 2.45) is 5.41 Å². The van der Waals surface area contributed by atoms with Crippen LogP contribution in [0.3, 0.4) is 0 Å². The van der Waals surface area contributed by atoms with E-state index < -0.39 is 0 Å². The summed E-state index contributed by atoms with van der Waals surface area (Å²) >= 11 is 0. The third kappa shape index (κ3) is 1.90. The van der Waals surface area contributed by atoms with Crippen LogP contribution in [-0.4, -0.2) is 0 Å². The molecule has 1 fully saturated rings. The fraction of sp³-hybridized carbons (Fsp3) is 0.667. The van der Waals surface area contributed by atoms with Crippen LogP contribution in [0.5, 0.6) is 0 Å². The van der Waals surface area contributed by atoms with Crippen molar-refractivity contribution in [2.75, 3.05) is 0 Å². The lowest BCUT2D eigenvalue weighted by molar-refractivity contribution is 0.202. The van der Waals surface area contributed by atoms with Gasteiger partial charge in [0.1, 0.15) is 0 Å². The molecule has 0 heteroatoms. The van der Waals surface area contributed by atoms with Crippen molar-refractivity contribution in [1.82, 2.24) is 0 Å². The first kappa shape index (κ1) is 12.3. The van der Waals surface area contributed by atoms with E-state index in [2.05, 4.69) is 32.9 Å². The van der Waals surface area contributed by atoms with Crippen LogP contribution in [0.1, 0.15) is 74.1 Å². The molecular weight excluding hydrogens is 216 g/mol. The van der Waals surface area contributed by atoms with E-state index in [1.807, 2.05) is 0 Å². The van der Waals surface area contributed by atoms with E-state index in [1.165, 1.54) is 50.5 Å². The Kier molecular flexibility index (Phi) is 3.00. The smallest absolute Gasteiger partial charge is 0.0213 e. The summed E-state index contributed by atoms with van der Waals surface area (Å²) in [6.07, 6.45) is 10.1. The maximum Gasteiger partial charge on any atom is -0.0213 e. The predicted molar refractivity (Wildman–Crippen MR) is 78.2 cm³/mol. The lowest BCUT2D eigenvalue weighted by Gasteiger charge is -2.33. The van der Waals surface area contributed by atoms with Crippen LogP contribution in [0.15, 0.2) is 12.1 Å². The number of hydrogen-bond acceptors (Lipinski definition) is 0. The van der Waals surface area contributed by atoms with Crippen LogP contribution in [0.4, 0.5) is 0 Å². The lowest BCUT2D eigenvalue weighted by atomic mass is 9.72. The lowest BCUT2D eigenvalue weighted by Crippen LogP contribution is -2.24. The quantitative estimate of drug-likeness (QED) is 0.637. The average Bonchev–Trinajstić information content (AvgIpc) is 2.70. The Morgan fingerprint density at radius 1 is 0.944 bits per heavy atom. The van der Waals surface area contributed by atoms with Crippen molar-refractivity contribution in [1.29, 1.82) is 0 Å². The summed E-state index contributed by atoms with van der Waals surface area (Å²) in [5.74, 6) is 0.679. The minimum atomic E-state index is 0.649. The van der Waals surface area contributed by atoms with Gasteiger partial charge in [0, 0.05) is 0 Å². The third-order valence-corrected chi connectivity index (χ3v) is 5.34. The molecule has 1 aromatic carbocycles. The molecule has 0 atom stereocenters. The molecule has 98 valence electrons. The highest BCUT2D eigenvalue weighted by Crippen LogP contribution is 2.49. The van der Waals surface area contributed by atoms with E-state index in [1.54, 1.807) is 16.7 Å². The highest BCUT2D eigenvalue weighted by molar-refractivity contribution is 5.46. The number of hydrogen-bond donors (Lipinski definition) is 0. The second-order valence-corrected chi connectivity index (χ2v) is 7.00. The largest absolute Gasteiger partial charge is 0.0587 e. The Morgan fingerprint density at radius 3 is 2.28 bits per heavy atom. The first-order valence-electron chi connectivity index (χ1n) is 7.73. The van der Waals surface area contributed by atoms with Crippen LogP contribution < -0.4 is 0 Å². The minimum absolute atomic E-state index is 0.649. The Labute approximate surface area is 112 Å². The average molecular weight is 242 g/mol. The summed E-state index contributed by atoms with van der Waals surface area (Å²) < 4.78 is 0. The van der Waals surface area contributed by atoms with Crippen molar-refractivity contribution in [3.63, 3.8) is 0 Å². The first-order chi connectivity index (χ1) is 8.61. The molecule has 0 nitrogen and oxygen atoms in total. The monoisotopic (exact) mass is 242 g/mol. The summed E-state index contributed by atoms with van der Waals surface area (Å²) in [5.41, 5.74) is 7.25. The molecule has 1 aromatic rings. The van der Waals surface area contributed by atoms with Crippen molar-refractivity contribution in [3.8, 4) is 0 Å². The van der Waals surface area contributed by atoms with Gasteiger partial charge in [0.15, 0.2) is 0 Å². The van der Waals surface area contributed by atoms with E-state index >= 15 is 0 Å². The van der Waals surface area contributed by atoms with Crippen LogP contribution in [-0.2, 0) is 12.8 Å². The highest BCUT2D eigenvalue weighted by atomic mass is 14.4. The molecule has 0 aliphatic heterocycles. The van der Waals surface area contributed by atoms with Gasteiger partial charge in [-0.25, -0.2) is 0 Å². The van der Waals surface area contributed by atoms with Gasteiger partial charge in [0.05, 0.1) is 0 Å². The first-order valence-corrected chi connectivity index (χ1v) is 7.73. The number of benzene rings is 1. The molecule has 1 saturated carbocycles. The van der Waals surface area contributed by atoms with E-state index in [-0.39, 0.29) is 0 Å². The summed E-state index contributed by atoms with van der Waals surface area (Å²) in [5, 5.41) is 0. The number of aryl methyl sites for hydroxylation is 1. The Balaban J connectivity index is 2.00. The van der Waals surface area contributed by atoms with E-state index in [0.717, 1.165) is 0 Å². The molecule has 0 bridgehead atoms. The predicted octanol–water partition coefficient (Wildman–Crippen LogP) is 5.17. The topological polar surface area (TPSA) is 0 Å². The molecule has 1 spiro atoms. The van der Waals surface area contributed by atoms with Gasteiger partial charge in [-0.1, -0.05) is 45.2 Å². The molecule has 3 rings (SSSR count). The maximum atomic E-state index is 2.39. The van der Waals surface area contributed by atoms with Gasteiger partial charge in [0.2, 0.25) is 0 Å². The normalized spacial score (nSPS) is 21.6. The standard InChI is InChI=1S/C18H26/c1-13(2)15-8-7-14(3)16-11-18(12-17(15)16)9-5-4-6-10-18/h7-8,13H,4-6,9-12H2,1-3H3. The third-order valence-electron chi connectivity index (χ3n) is 5.34. The molecule has 0 aromatic heterocycles. The molecule has 0 saturated heterocycles. The summed E-state index contributed by atoms with van der Waals surface area (Å²) in [7, 11) is 0. The number of rotatable bonds is 1. The SMILES string of the molecule is Cc1ccc(C(C)C)c2c1CC1(CCCCC1)C2. The van der Waals surface area contributed by atoms with Crippen molar-refractivity contribution in [3.05, 3.63) is 34.4 Å². The van der Waals surface area contributed by atoms with E-state index in [4.69, 9.17) is 0 Å². The van der Waals surface area contributed by atoms with Crippen molar-refractivity contribution >= 4 is 0 Å². The zero-order chi connectivity index (χ0) is 12.8.